The van der Waals surface area contributed by atoms with Gasteiger partial charge in [0.1, 0.15) is 0 Å². The first kappa shape index (κ1) is 14.7. The Balaban J connectivity index is 2.50. The summed E-state index contributed by atoms with van der Waals surface area (Å²) in [6.45, 7) is 2.65. The smallest absolute Gasteiger partial charge is 0.251 e. The van der Waals surface area contributed by atoms with Gasteiger partial charge < -0.3 is 15.2 Å². The maximum absolute atomic E-state index is 11.9. The SMILES string of the molecule is COCc1ccc(C(=O)NC(C)CCCO)cc1. The molecule has 0 aliphatic rings. The van der Waals surface area contributed by atoms with Crippen LogP contribution < -0.4 is 5.32 Å². The molecule has 0 fully saturated rings. The van der Waals surface area contributed by atoms with Crippen LogP contribution in [0.25, 0.3) is 0 Å². The molecule has 0 aromatic heterocycles. The molecule has 0 radical (unpaired) electrons. The van der Waals surface area contributed by atoms with E-state index >= 15 is 0 Å². The second kappa shape index (κ2) is 7.84. The van der Waals surface area contributed by atoms with Gasteiger partial charge in [0.05, 0.1) is 6.61 Å². The fraction of sp³-hybridized carbons (Fsp3) is 0.500. The fourth-order valence-electron chi connectivity index (χ4n) is 1.70. The van der Waals surface area contributed by atoms with Crippen LogP contribution in [0, 0.1) is 0 Å². The van der Waals surface area contributed by atoms with E-state index in [1.54, 1.807) is 19.2 Å². The van der Waals surface area contributed by atoms with E-state index in [2.05, 4.69) is 5.32 Å². The van der Waals surface area contributed by atoms with E-state index in [9.17, 15) is 4.79 Å². The molecule has 18 heavy (non-hydrogen) atoms. The number of rotatable bonds is 7. The Hall–Kier alpha value is -1.39. The maximum atomic E-state index is 11.9. The first-order valence-electron chi connectivity index (χ1n) is 6.17. The van der Waals surface area contributed by atoms with Crippen LogP contribution in [0.4, 0.5) is 0 Å². The summed E-state index contributed by atoms with van der Waals surface area (Å²) < 4.78 is 5.01. The number of ether oxygens (including phenoxy) is 1. The molecule has 4 nitrogen and oxygen atoms in total. The second-order valence-electron chi connectivity index (χ2n) is 4.37. The molecule has 1 rings (SSSR count). The third-order valence-corrected chi connectivity index (χ3v) is 2.70. The third kappa shape index (κ3) is 4.85. The number of aliphatic hydroxyl groups excluding tert-OH is 1. The lowest BCUT2D eigenvalue weighted by Crippen LogP contribution is -2.32. The van der Waals surface area contributed by atoms with Crippen LogP contribution in [0.5, 0.6) is 0 Å². The van der Waals surface area contributed by atoms with Crippen molar-refractivity contribution in [1.82, 2.24) is 5.32 Å². The quantitative estimate of drug-likeness (QED) is 0.776. The fourth-order valence-corrected chi connectivity index (χ4v) is 1.70. The minimum atomic E-state index is -0.0793. The van der Waals surface area contributed by atoms with Crippen molar-refractivity contribution in [3.05, 3.63) is 35.4 Å². The van der Waals surface area contributed by atoms with Crippen LogP contribution in [-0.2, 0) is 11.3 Å². The van der Waals surface area contributed by atoms with E-state index in [-0.39, 0.29) is 18.6 Å². The summed E-state index contributed by atoms with van der Waals surface area (Å²) in [4.78, 5) is 11.9. The number of carbonyl (C=O) groups is 1. The van der Waals surface area contributed by atoms with Gasteiger partial charge >= 0.3 is 0 Å². The van der Waals surface area contributed by atoms with E-state index in [1.165, 1.54) is 0 Å². The normalized spacial score (nSPS) is 12.2. The Labute approximate surface area is 108 Å². The van der Waals surface area contributed by atoms with Gasteiger partial charge in [-0.05, 0) is 37.5 Å². The summed E-state index contributed by atoms with van der Waals surface area (Å²) in [6, 6.07) is 7.43. The number of amides is 1. The minimum absolute atomic E-state index is 0.0725. The number of hydrogen-bond acceptors (Lipinski definition) is 3. The van der Waals surface area contributed by atoms with Crippen molar-refractivity contribution >= 4 is 5.91 Å². The summed E-state index contributed by atoms with van der Waals surface area (Å²) in [6.07, 6.45) is 1.48. The molecule has 0 bridgehead atoms. The van der Waals surface area contributed by atoms with Crippen molar-refractivity contribution in [2.75, 3.05) is 13.7 Å². The summed E-state index contributed by atoms with van der Waals surface area (Å²) in [7, 11) is 1.64. The van der Waals surface area contributed by atoms with Crippen LogP contribution in [0.15, 0.2) is 24.3 Å². The van der Waals surface area contributed by atoms with Gasteiger partial charge in [0.25, 0.3) is 5.91 Å². The molecule has 2 N–H and O–H groups in total. The summed E-state index contributed by atoms with van der Waals surface area (Å²) in [5.74, 6) is -0.0793. The number of hydrogen-bond donors (Lipinski definition) is 2. The van der Waals surface area contributed by atoms with Crippen LogP contribution >= 0.6 is 0 Å². The summed E-state index contributed by atoms with van der Waals surface area (Å²) in [5, 5.41) is 11.6. The van der Waals surface area contributed by atoms with Gasteiger partial charge in [0.15, 0.2) is 0 Å². The average Bonchev–Trinajstić information content (AvgIpc) is 2.37. The number of aliphatic hydroxyl groups is 1. The molecule has 1 atom stereocenters. The maximum Gasteiger partial charge on any atom is 0.251 e. The van der Waals surface area contributed by atoms with E-state index in [1.807, 2.05) is 19.1 Å². The molecule has 0 heterocycles. The van der Waals surface area contributed by atoms with Gasteiger partial charge in [0, 0.05) is 25.3 Å². The number of carbonyl (C=O) groups excluding carboxylic acids is 1. The summed E-state index contributed by atoms with van der Waals surface area (Å²) in [5.41, 5.74) is 1.69. The predicted octanol–water partition coefficient (Wildman–Crippen LogP) is 1.72. The Morgan fingerprint density at radius 2 is 2.06 bits per heavy atom. The van der Waals surface area contributed by atoms with Gasteiger partial charge in [-0.15, -0.1) is 0 Å². The first-order chi connectivity index (χ1) is 8.67. The van der Waals surface area contributed by atoms with Gasteiger partial charge in [-0.2, -0.15) is 0 Å². The van der Waals surface area contributed by atoms with Crippen molar-refractivity contribution in [3.8, 4) is 0 Å². The lowest BCUT2D eigenvalue weighted by atomic mass is 10.1. The minimum Gasteiger partial charge on any atom is -0.396 e. The van der Waals surface area contributed by atoms with Crippen LogP contribution in [0.1, 0.15) is 35.7 Å². The van der Waals surface area contributed by atoms with E-state index in [0.29, 0.717) is 18.6 Å². The van der Waals surface area contributed by atoms with Crippen molar-refractivity contribution < 1.29 is 14.6 Å². The molecule has 0 spiro atoms. The monoisotopic (exact) mass is 251 g/mol. The summed E-state index contributed by atoms with van der Waals surface area (Å²) >= 11 is 0. The molecule has 4 heteroatoms. The number of methoxy groups -OCH3 is 1. The van der Waals surface area contributed by atoms with Gasteiger partial charge in [0.2, 0.25) is 0 Å². The lowest BCUT2D eigenvalue weighted by Gasteiger charge is -2.13. The highest BCUT2D eigenvalue weighted by Crippen LogP contribution is 2.06. The third-order valence-electron chi connectivity index (χ3n) is 2.70. The first-order valence-corrected chi connectivity index (χ1v) is 6.17. The van der Waals surface area contributed by atoms with Gasteiger partial charge in [-0.1, -0.05) is 12.1 Å². The molecule has 0 aliphatic heterocycles. The Bertz CT molecular complexity index is 362. The van der Waals surface area contributed by atoms with Crippen molar-refractivity contribution in [3.63, 3.8) is 0 Å². The molecular formula is C14H21NO3. The topological polar surface area (TPSA) is 58.6 Å². The highest BCUT2D eigenvalue weighted by atomic mass is 16.5. The van der Waals surface area contributed by atoms with E-state index in [4.69, 9.17) is 9.84 Å². The molecule has 1 unspecified atom stereocenters. The van der Waals surface area contributed by atoms with Crippen molar-refractivity contribution in [2.45, 2.75) is 32.4 Å². The Morgan fingerprint density at radius 1 is 1.39 bits per heavy atom. The number of benzene rings is 1. The van der Waals surface area contributed by atoms with Crippen LogP contribution in [0.2, 0.25) is 0 Å². The molecular weight excluding hydrogens is 230 g/mol. The van der Waals surface area contributed by atoms with Crippen LogP contribution in [0.3, 0.4) is 0 Å². The lowest BCUT2D eigenvalue weighted by molar-refractivity contribution is 0.0936. The van der Waals surface area contributed by atoms with E-state index < -0.39 is 0 Å². The Kier molecular flexibility index (Phi) is 6.39. The zero-order chi connectivity index (χ0) is 13.4. The molecule has 0 aliphatic carbocycles. The van der Waals surface area contributed by atoms with E-state index in [0.717, 1.165) is 12.0 Å². The molecule has 100 valence electrons. The highest BCUT2D eigenvalue weighted by molar-refractivity contribution is 5.94. The average molecular weight is 251 g/mol. The molecule has 1 amide bonds. The van der Waals surface area contributed by atoms with Crippen LogP contribution in [-0.4, -0.2) is 30.8 Å². The predicted molar refractivity (Wildman–Crippen MR) is 70.4 cm³/mol. The molecule has 1 aromatic rings. The zero-order valence-electron chi connectivity index (χ0n) is 11.0. The number of nitrogens with one attached hydrogen (secondary N) is 1. The van der Waals surface area contributed by atoms with Crippen molar-refractivity contribution in [2.24, 2.45) is 0 Å². The zero-order valence-corrected chi connectivity index (χ0v) is 11.0. The largest absolute Gasteiger partial charge is 0.396 e. The van der Waals surface area contributed by atoms with Gasteiger partial charge in [-0.25, -0.2) is 0 Å². The second-order valence-corrected chi connectivity index (χ2v) is 4.37. The Morgan fingerprint density at radius 3 is 2.61 bits per heavy atom. The van der Waals surface area contributed by atoms with Crippen molar-refractivity contribution in [1.29, 1.82) is 0 Å². The highest BCUT2D eigenvalue weighted by Gasteiger charge is 2.09. The standard InChI is InChI=1S/C14H21NO3/c1-11(4-3-9-16)15-14(17)13-7-5-12(6-8-13)10-18-2/h5-8,11,16H,3-4,9-10H2,1-2H3,(H,15,17). The molecule has 0 saturated heterocycles. The molecule has 1 aromatic carbocycles. The molecule has 0 saturated carbocycles. The van der Waals surface area contributed by atoms with Gasteiger partial charge in [-0.3, -0.25) is 4.79 Å².